The summed E-state index contributed by atoms with van der Waals surface area (Å²) < 4.78 is 7.14. The van der Waals surface area contributed by atoms with E-state index in [-0.39, 0.29) is 17.4 Å². The van der Waals surface area contributed by atoms with Gasteiger partial charge in [-0.25, -0.2) is 9.78 Å². The van der Waals surface area contributed by atoms with Gasteiger partial charge in [0.2, 0.25) is 0 Å². The number of carbonyl (C=O) groups is 3. The zero-order chi connectivity index (χ0) is 25.8. The van der Waals surface area contributed by atoms with Crippen LogP contribution in [0.4, 0.5) is 5.69 Å². The Kier molecular flexibility index (Phi) is 7.50. The van der Waals surface area contributed by atoms with Crippen LogP contribution in [-0.4, -0.2) is 59.1 Å². The van der Waals surface area contributed by atoms with Gasteiger partial charge in [-0.05, 0) is 48.0 Å². The second-order valence-corrected chi connectivity index (χ2v) is 10.6. The fourth-order valence-electron chi connectivity index (χ4n) is 3.93. The summed E-state index contributed by atoms with van der Waals surface area (Å²) in [7, 11) is 0. The molecule has 0 unspecified atom stereocenters. The van der Waals surface area contributed by atoms with Crippen molar-refractivity contribution in [3.05, 3.63) is 89.0 Å². The van der Waals surface area contributed by atoms with Crippen LogP contribution in [0.1, 0.15) is 36.6 Å². The minimum atomic E-state index is -0.944. The maximum atomic E-state index is 13.1. The number of hydrogen-bond donors (Lipinski definition) is 2. The highest BCUT2D eigenvalue weighted by Crippen LogP contribution is 2.33. The smallest absolute Gasteiger partial charge is 0.335 e. The van der Waals surface area contributed by atoms with E-state index in [2.05, 4.69) is 10.3 Å². The van der Waals surface area contributed by atoms with Gasteiger partial charge < -0.3 is 20.1 Å². The number of nitrogens with one attached hydrogen (secondary N) is 1. The Morgan fingerprint density at radius 3 is 2.46 bits per heavy atom. The van der Waals surface area contributed by atoms with E-state index in [1.807, 2.05) is 12.1 Å². The lowest BCUT2D eigenvalue weighted by molar-refractivity contribution is 0.0302. The zero-order valence-corrected chi connectivity index (χ0v) is 21.3. The molecular formula is C27H23N3O5S2. The minimum Gasteiger partial charge on any atom is -0.478 e. The molecule has 10 heteroatoms. The van der Waals surface area contributed by atoms with Crippen molar-refractivity contribution < 1.29 is 24.2 Å². The Labute approximate surface area is 221 Å². The van der Waals surface area contributed by atoms with Crippen molar-refractivity contribution in [3.63, 3.8) is 0 Å². The number of carboxylic acids is 1. The molecule has 37 heavy (non-hydrogen) atoms. The number of aromatic nitrogens is 1. The second-order valence-electron chi connectivity index (χ2n) is 8.36. The van der Waals surface area contributed by atoms with Crippen LogP contribution in [-0.2, 0) is 10.5 Å². The van der Waals surface area contributed by atoms with Gasteiger partial charge in [-0.15, -0.1) is 11.3 Å². The lowest BCUT2D eigenvalue weighted by Crippen LogP contribution is -2.41. The number of carbonyl (C=O) groups excluding carboxylic acids is 2. The first-order chi connectivity index (χ1) is 18.0. The van der Waals surface area contributed by atoms with Crippen LogP contribution in [0.3, 0.4) is 0 Å². The molecule has 4 aromatic rings. The van der Waals surface area contributed by atoms with Crippen molar-refractivity contribution in [2.75, 3.05) is 31.6 Å². The van der Waals surface area contributed by atoms with E-state index in [9.17, 15) is 14.4 Å². The first-order valence-corrected chi connectivity index (χ1v) is 13.4. The first-order valence-electron chi connectivity index (χ1n) is 11.6. The summed E-state index contributed by atoms with van der Waals surface area (Å²) in [4.78, 5) is 43.5. The first kappa shape index (κ1) is 24.9. The van der Waals surface area contributed by atoms with Gasteiger partial charge in [-0.2, -0.15) is 0 Å². The van der Waals surface area contributed by atoms with Crippen molar-refractivity contribution in [3.8, 4) is 0 Å². The number of benzene rings is 3. The molecule has 0 aliphatic carbocycles. The number of nitrogens with zero attached hydrogens (tertiary/aromatic N) is 2. The standard InChI is InChI=1S/C27H23N3O5S2/c31-24(20-3-1-2-4-21(20)25(32)30-11-13-35-14-12-30)28-19-9-10-22-23(15-19)37-27(29-22)36-16-17-5-7-18(8-6-17)26(33)34/h1-10,15H,11-14,16H2,(H,28,31)(H,33,34). The number of thiazole rings is 1. The number of anilines is 1. The third-order valence-electron chi connectivity index (χ3n) is 5.89. The molecule has 5 rings (SSSR count). The third-order valence-corrected chi connectivity index (χ3v) is 8.12. The predicted molar refractivity (Wildman–Crippen MR) is 144 cm³/mol. The number of ether oxygens (including phenoxy) is 1. The molecule has 1 aliphatic rings. The summed E-state index contributed by atoms with van der Waals surface area (Å²) in [6, 6.07) is 19.2. The largest absolute Gasteiger partial charge is 0.478 e. The molecular weight excluding hydrogens is 510 g/mol. The lowest BCUT2D eigenvalue weighted by Gasteiger charge is -2.27. The Bertz CT molecular complexity index is 1460. The Morgan fingerprint density at radius 2 is 1.73 bits per heavy atom. The number of aromatic carboxylic acids is 1. The molecule has 0 atom stereocenters. The van der Waals surface area contributed by atoms with E-state index in [0.717, 1.165) is 20.1 Å². The summed E-state index contributed by atoms with van der Waals surface area (Å²) in [5.41, 5.74) is 3.42. The molecule has 188 valence electrons. The van der Waals surface area contributed by atoms with Crippen molar-refractivity contribution in [2.45, 2.75) is 10.1 Å². The maximum absolute atomic E-state index is 13.1. The molecule has 0 spiro atoms. The molecule has 2 amide bonds. The van der Waals surface area contributed by atoms with Gasteiger partial charge in [0.05, 0.1) is 40.1 Å². The van der Waals surface area contributed by atoms with E-state index in [0.29, 0.717) is 48.9 Å². The van der Waals surface area contributed by atoms with Gasteiger partial charge in [-0.3, -0.25) is 9.59 Å². The molecule has 2 N–H and O–H groups in total. The Morgan fingerprint density at radius 1 is 1.00 bits per heavy atom. The Hall–Kier alpha value is -3.73. The van der Waals surface area contributed by atoms with Gasteiger partial charge >= 0.3 is 5.97 Å². The highest BCUT2D eigenvalue weighted by atomic mass is 32.2. The van der Waals surface area contributed by atoms with E-state index in [1.54, 1.807) is 71.3 Å². The predicted octanol–water partition coefficient (Wildman–Crippen LogP) is 5.01. The molecule has 0 saturated carbocycles. The second kappa shape index (κ2) is 11.1. The van der Waals surface area contributed by atoms with E-state index in [1.165, 1.54) is 11.3 Å². The van der Waals surface area contributed by atoms with Crippen LogP contribution in [0.25, 0.3) is 10.2 Å². The van der Waals surface area contributed by atoms with Gasteiger partial charge in [0.25, 0.3) is 11.8 Å². The molecule has 3 aromatic carbocycles. The molecule has 1 aliphatic heterocycles. The minimum absolute atomic E-state index is 0.175. The average Bonchev–Trinajstić information content (AvgIpc) is 3.34. The van der Waals surface area contributed by atoms with Crippen LogP contribution in [0.2, 0.25) is 0 Å². The topological polar surface area (TPSA) is 109 Å². The van der Waals surface area contributed by atoms with Crippen molar-refractivity contribution in [2.24, 2.45) is 0 Å². The van der Waals surface area contributed by atoms with Crippen LogP contribution in [0.5, 0.6) is 0 Å². The average molecular weight is 534 g/mol. The maximum Gasteiger partial charge on any atom is 0.335 e. The summed E-state index contributed by atoms with van der Waals surface area (Å²) in [6.45, 7) is 1.99. The molecule has 2 heterocycles. The SMILES string of the molecule is O=C(O)c1ccc(CSc2nc3ccc(NC(=O)c4ccccc4C(=O)N4CCOCC4)cc3s2)cc1. The lowest BCUT2D eigenvalue weighted by atomic mass is 10.0. The summed E-state index contributed by atoms with van der Waals surface area (Å²) >= 11 is 3.09. The van der Waals surface area contributed by atoms with Gasteiger partial charge in [0.15, 0.2) is 4.34 Å². The molecule has 0 bridgehead atoms. The number of amides is 2. The van der Waals surface area contributed by atoms with Crippen LogP contribution in [0.15, 0.2) is 71.1 Å². The number of fused-ring (bicyclic) bond motifs is 1. The monoisotopic (exact) mass is 533 g/mol. The van der Waals surface area contributed by atoms with Gasteiger partial charge in [-0.1, -0.05) is 36.0 Å². The number of hydrogen-bond acceptors (Lipinski definition) is 7. The summed E-state index contributed by atoms with van der Waals surface area (Å²) in [6.07, 6.45) is 0. The Balaban J connectivity index is 1.27. The molecule has 1 saturated heterocycles. The highest BCUT2D eigenvalue weighted by Gasteiger charge is 2.23. The van der Waals surface area contributed by atoms with E-state index in [4.69, 9.17) is 9.84 Å². The molecule has 1 aromatic heterocycles. The van der Waals surface area contributed by atoms with Gasteiger partial charge in [0.1, 0.15) is 0 Å². The van der Waals surface area contributed by atoms with Gasteiger partial charge in [0, 0.05) is 24.5 Å². The van der Waals surface area contributed by atoms with Crippen molar-refractivity contribution >= 4 is 56.8 Å². The van der Waals surface area contributed by atoms with Crippen LogP contribution in [0, 0.1) is 0 Å². The van der Waals surface area contributed by atoms with Crippen LogP contribution < -0.4 is 5.32 Å². The number of rotatable bonds is 7. The summed E-state index contributed by atoms with van der Waals surface area (Å²) in [5.74, 6) is -0.802. The number of thioether (sulfide) groups is 1. The fourth-order valence-corrected chi connectivity index (χ4v) is 6.00. The van der Waals surface area contributed by atoms with E-state index < -0.39 is 5.97 Å². The highest BCUT2D eigenvalue weighted by molar-refractivity contribution is 8.00. The number of carboxylic acid groups (broad SMARTS) is 1. The molecule has 0 radical (unpaired) electrons. The molecule has 8 nitrogen and oxygen atoms in total. The zero-order valence-electron chi connectivity index (χ0n) is 19.7. The van der Waals surface area contributed by atoms with Crippen molar-refractivity contribution in [1.29, 1.82) is 0 Å². The van der Waals surface area contributed by atoms with Crippen molar-refractivity contribution in [1.82, 2.24) is 9.88 Å². The summed E-state index contributed by atoms with van der Waals surface area (Å²) in [5, 5.41) is 12.0. The molecule has 1 fully saturated rings. The van der Waals surface area contributed by atoms with E-state index >= 15 is 0 Å². The third kappa shape index (κ3) is 5.82. The quantitative estimate of drug-likeness (QED) is 0.321. The fraction of sp³-hybridized carbons (Fsp3) is 0.185. The normalized spacial score (nSPS) is 13.5. The van der Waals surface area contributed by atoms with Crippen LogP contribution >= 0.6 is 23.1 Å². The number of morpholine rings is 1.